The first-order valence-corrected chi connectivity index (χ1v) is 13.6. The highest BCUT2D eigenvalue weighted by molar-refractivity contribution is 6.14. The average Bonchev–Trinajstić information content (AvgIpc) is 2.98. The predicted molar refractivity (Wildman–Crippen MR) is 160 cm³/mol. The van der Waals surface area contributed by atoms with Crippen molar-refractivity contribution in [3.63, 3.8) is 0 Å². The van der Waals surface area contributed by atoms with Gasteiger partial charge in [0.25, 0.3) is 0 Å². The number of ether oxygens (including phenoxy) is 2. The Bertz CT molecular complexity index is 1500. The summed E-state index contributed by atoms with van der Waals surface area (Å²) in [5.41, 5.74) is 6.35. The Morgan fingerprint density at radius 3 is 1.29 bits per heavy atom. The van der Waals surface area contributed by atoms with E-state index >= 15 is 0 Å². The van der Waals surface area contributed by atoms with Crippen molar-refractivity contribution < 1.29 is 23.9 Å². The number of ketones is 1. The maximum atomic E-state index is 13.2. The number of hydrogen-bond acceptors (Lipinski definition) is 5. The molecule has 5 nitrogen and oxygen atoms in total. The topological polar surface area (TPSA) is 69.7 Å². The second-order valence-corrected chi connectivity index (χ2v) is 10.2. The minimum absolute atomic E-state index is 0.0287. The molecular formula is C36H30O5. The minimum Gasteiger partial charge on any atom is -0.423 e. The van der Waals surface area contributed by atoms with Gasteiger partial charge in [-0.2, -0.15) is 0 Å². The van der Waals surface area contributed by atoms with Gasteiger partial charge in [-0.15, -0.1) is 0 Å². The summed E-state index contributed by atoms with van der Waals surface area (Å²) >= 11 is 0. The van der Waals surface area contributed by atoms with Crippen LogP contribution in [0.4, 0.5) is 0 Å². The van der Waals surface area contributed by atoms with Crippen molar-refractivity contribution in [2.24, 2.45) is 0 Å². The van der Waals surface area contributed by atoms with Gasteiger partial charge in [-0.05, 0) is 105 Å². The molecule has 1 aliphatic rings. The molecule has 1 fully saturated rings. The molecule has 5 heteroatoms. The highest BCUT2D eigenvalue weighted by Gasteiger charge is 2.20. The highest BCUT2D eigenvalue weighted by atomic mass is 16.5. The summed E-state index contributed by atoms with van der Waals surface area (Å²) < 4.78 is 11.0. The Labute approximate surface area is 239 Å². The molecule has 0 saturated heterocycles. The van der Waals surface area contributed by atoms with Gasteiger partial charge in [0.2, 0.25) is 0 Å². The molecule has 0 N–H and O–H groups in total. The van der Waals surface area contributed by atoms with E-state index in [0.29, 0.717) is 35.5 Å². The largest absolute Gasteiger partial charge is 0.423 e. The Morgan fingerprint density at radius 1 is 0.561 bits per heavy atom. The fourth-order valence-electron chi connectivity index (χ4n) is 4.56. The monoisotopic (exact) mass is 542 g/mol. The van der Waals surface area contributed by atoms with Gasteiger partial charge in [0.15, 0.2) is 5.78 Å². The van der Waals surface area contributed by atoms with Gasteiger partial charge < -0.3 is 9.47 Å². The fourth-order valence-corrected chi connectivity index (χ4v) is 4.56. The minimum atomic E-state index is -0.411. The van der Waals surface area contributed by atoms with Crippen LogP contribution >= 0.6 is 0 Å². The molecule has 0 spiro atoms. The third kappa shape index (κ3) is 7.14. The third-order valence-electron chi connectivity index (χ3n) is 6.91. The molecule has 0 heterocycles. The number of benzene rings is 4. The predicted octanol–water partition coefficient (Wildman–Crippen LogP) is 7.96. The summed E-state index contributed by atoms with van der Waals surface area (Å²) in [5, 5.41) is 0. The summed E-state index contributed by atoms with van der Waals surface area (Å²) in [4.78, 5) is 38.0. The lowest BCUT2D eigenvalue weighted by molar-refractivity contribution is -0.112. The molecule has 0 unspecified atom stereocenters. The Hall–Kier alpha value is -5.03. The van der Waals surface area contributed by atoms with E-state index in [9.17, 15) is 14.4 Å². The summed E-state index contributed by atoms with van der Waals surface area (Å²) in [5.74, 6) is 0.0974. The number of aryl methyl sites for hydroxylation is 2. The molecule has 5 rings (SSSR count). The zero-order valence-corrected chi connectivity index (χ0v) is 23.1. The van der Waals surface area contributed by atoms with Crippen LogP contribution in [0.1, 0.15) is 62.2 Å². The maximum absolute atomic E-state index is 13.2. The van der Waals surface area contributed by atoms with E-state index in [4.69, 9.17) is 9.47 Å². The lowest BCUT2D eigenvalue weighted by Crippen LogP contribution is -2.12. The first-order chi connectivity index (χ1) is 19.8. The van der Waals surface area contributed by atoms with Crippen molar-refractivity contribution in [2.75, 3.05) is 0 Å². The molecule has 0 amide bonds. The quantitative estimate of drug-likeness (QED) is 0.140. The van der Waals surface area contributed by atoms with Gasteiger partial charge >= 0.3 is 11.9 Å². The molecular weight excluding hydrogens is 512 g/mol. The van der Waals surface area contributed by atoms with E-state index in [1.807, 2.05) is 74.5 Å². The van der Waals surface area contributed by atoms with Crippen LogP contribution in [-0.4, -0.2) is 17.7 Å². The molecule has 1 aliphatic carbocycles. The van der Waals surface area contributed by atoms with Gasteiger partial charge in [-0.3, -0.25) is 4.79 Å². The normalized spacial score (nSPS) is 15.1. The molecule has 0 atom stereocenters. The first-order valence-electron chi connectivity index (χ1n) is 13.6. The second kappa shape index (κ2) is 12.4. The number of allylic oxidation sites excluding steroid dienone is 2. The van der Waals surface area contributed by atoms with Crippen LogP contribution in [0.5, 0.6) is 11.5 Å². The van der Waals surface area contributed by atoms with E-state index in [0.717, 1.165) is 39.8 Å². The van der Waals surface area contributed by atoms with Crippen molar-refractivity contribution >= 4 is 29.9 Å². The zero-order valence-electron chi connectivity index (χ0n) is 23.1. The number of esters is 2. The summed E-state index contributed by atoms with van der Waals surface area (Å²) in [6.45, 7) is 3.92. The maximum Gasteiger partial charge on any atom is 0.343 e. The summed E-state index contributed by atoms with van der Waals surface area (Å²) in [7, 11) is 0. The molecule has 41 heavy (non-hydrogen) atoms. The molecule has 0 aliphatic heterocycles. The van der Waals surface area contributed by atoms with Gasteiger partial charge in [0.1, 0.15) is 11.5 Å². The molecule has 4 aromatic rings. The van der Waals surface area contributed by atoms with Crippen LogP contribution < -0.4 is 9.47 Å². The standard InChI is InChI=1S/C36H30O5/c1-24-6-14-28(15-7-24)35(38)40-32-18-10-26(11-19-32)22-30-4-3-5-31(34(30)37)23-27-12-20-33(21-13-27)41-36(39)29-16-8-25(2)9-17-29/h6-23H,3-5H2,1-2H3/b30-22-,31-23+. The number of carbonyl (C=O) groups excluding carboxylic acids is 3. The van der Waals surface area contributed by atoms with Crippen molar-refractivity contribution in [1.29, 1.82) is 0 Å². The number of Topliss-reactive ketones (excluding diaryl/α,β-unsaturated/α-hetero) is 1. The van der Waals surface area contributed by atoms with E-state index < -0.39 is 11.9 Å². The van der Waals surface area contributed by atoms with Crippen molar-refractivity contribution in [1.82, 2.24) is 0 Å². The molecule has 0 aromatic heterocycles. The molecule has 4 aromatic carbocycles. The van der Waals surface area contributed by atoms with Crippen LogP contribution in [-0.2, 0) is 4.79 Å². The summed E-state index contributed by atoms with van der Waals surface area (Å²) in [6.07, 6.45) is 6.08. The number of carbonyl (C=O) groups is 3. The van der Waals surface area contributed by atoms with E-state index in [1.54, 1.807) is 48.5 Å². The van der Waals surface area contributed by atoms with Gasteiger partial charge in [0, 0.05) is 11.1 Å². The number of hydrogen-bond donors (Lipinski definition) is 0. The number of rotatable bonds is 6. The van der Waals surface area contributed by atoms with Crippen LogP contribution in [0.3, 0.4) is 0 Å². The first kappa shape index (κ1) is 27.5. The van der Waals surface area contributed by atoms with Crippen LogP contribution in [0.25, 0.3) is 12.2 Å². The zero-order chi connectivity index (χ0) is 28.8. The molecule has 204 valence electrons. The third-order valence-corrected chi connectivity index (χ3v) is 6.91. The highest BCUT2D eigenvalue weighted by Crippen LogP contribution is 2.29. The fraction of sp³-hybridized carbons (Fsp3) is 0.139. The Kier molecular flexibility index (Phi) is 8.35. The van der Waals surface area contributed by atoms with Crippen LogP contribution in [0.2, 0.25) is 0 Å². The Morgan fingerprint density at radius 2 is 0.927 bits per heavy atom. The van der Waals surface area contributed by atoms with E-state index in [2.05, 4.69) is 0 Å². The molecule has 1 saturated carbocycles. The van der Waals surface area contributed by atoms with Crippen molar-refractivity contribution in [3.8, 4) is 11.5 Å². The van der Waals surface area contributed by atoms with Gasteiger partial charge in [0.05, 0.1) is 11.1 Å². The van der Waals surface area contributed by atoms with Gasteiger partial charge in [-0.25, -0.2) is 9.59 Å². The van der Waals surface area contributed by atoms with Crippen LogP contribution in [0.15, 0.2) is 108 Å². The van der Waals surface area contributed by atoms with Gasteiger partial charge in [-0.1, -0.05) is 59.7 Å². The van der Waals surface area contributed by atoms with Crippen LogP contribution in [0, 0.1) is 13.8 Å². The van der Waals surface area contributed by atoms with Crippen molar-refractivity contribution in [2.45, 2.75) is 33.1 Å². The Balaban J connectivity index is 1.22. The average molecular weight is 543 g/mol. The van der Waals surface area contributed by atoms with E-state index in [1.165, 1.54) is 0 Å². The summed E-state index contributed by atoms with van der Waals surface area (Å²) in [6, 6.07) is 28.7. The molecule has 0 radical (unpaired) electrons. The van der Waals surface area contributed by atoms with Crippen molar-refractivity contribution in [3.05, 3.63) is 142 Å². The lowest BCUT2D eigenvalue weighted by Gasteiger charge is -2.16. The smallest absolute Gasteiger partial charge is 0.343 e. The van der Waals surface area contributed by atoms with E-state index in [-0.39, 0.29) is 5.78 Å². The SMILES string of the molecule is Cc1ccc(C(=O)Oc2ccc(/C=C3/CCC/C(=C\c4ccc(OC(=O)c5ccc(C)cc5)cc4)C3=O)cc2)cc1. The second-order valence-electron chi connectivity index (χ2n) is 10.2. The lowest BCUT2D eigenvalue weighted by atomic mass is 9.87. The molecule has 0 bridgehead atoms.